The molecule has 1 aliphatic carbocycles. The fourth-order valence-corrected chi connectivity index (χ4v) is 12.8. The number of para-hydroxylation sites is 2. The molecule has 1 aliphatic rings. The second-order valence-corrected chi connectivity index (χ2v) is 20.4. The number of allylic oxidation sites excluding steroid dienone is 4. The molecule has 0 saturated heterocycles. The standard InChI is InChI=1S/C69H44N4OS/c1-5-17-43(18-6-1)45-29-33-47(34-30-45)56-41-51(69-71-67(49-21-9-3-10-22-49)70-68(72-69)50-23-11-4-12-24-50)42-57(48-35-31-46(32-36-48)44-19-7-2-8-20-44)64(56)73-58-27-15-13-25-54(58)62-59(73)39-37-52-53-38-40-61-63(66(53)75-65(52)62)55-26-14-16-28-60(55)74-61/h1-35,37-42,48H,36H2. The first-order valence-corrected chi connectivity index (χ1v) is 26.3. The number of fused-ring (bicyclic) bond motifs is 11. The summed E-state index contributed by atoms with van der Waals surface area (Å²) in [6.07, 6.45) is 7.93. The largest absolute Gasteiger partial charge is 0.456 e. The van der Waals surface area contributed by atoms with Gasteiger partial charge in [-0.3, -0.25) is 0 Å². The Hall–Kier alpha value is -9.49. The molecule has 1 atom stereocenters. The molecular formula is C69H44N4OS. The second-order valence-electron chi connectivity index (χ2n) is 19.4. The molecule has 75 heavy (non-hydrogen) atoms. The lowest BCUT2D eigenvalue weighted by molar-refractivity contribution is 0.669. The van der Waals surface area contributed by atoms with Crippen molar-refractivity contribution in [1.82, 2.24) is 19.5 Å². The van der Waals surface area contributed by atoms with E-state index >= 15 is 0 Å². The summed E-state index contributed by atoms with van der Waals surface area (Å²) in [6.45, 7) is 0. The van der Waals surface area contributed by atoms with E-state index in [1.807, 2.05) is 53.8 Å². The van der Waals surface area contributed by atoms with Gasteiger partial charge in [-0.15, -0.1) is 11.3 Å². The lowest BCUT2D eigenvalue weighted by Gasteiger charge is -2.25. The molecule has 0 radical (unpaired) electrons. The van der Waals surface area contributed by atoms with E-state index in [2.05, 4.69) is 211 Å². The van der Waals surface area contributed by atoms with Crippen LogP contribution in [0, 0.1) is 0 Å². The number of aromatic nitrogens is 4. The third-order valence-electron chi connectivity index (χ3n) is 15.0. The molecular weight excluding hydrogens is 933 g/mol. The van der Waals surface area contributed by atoms with Crippen molar-refractivity contribution in [3.8, 4) is 62.1 Å². The maximum absolute atomic E-state index is 6.45. The van der Waals surface area contributed by atoms with Crippen molar-refractivity contribution in [2.75, 3.05) is 0 Å². The first kappa shape index (κ1) is 43.1. The maximum Gasteiger partial charge on any atom is 0.164 e. The summed E-state index contributed by atoms with van der Waals surface area (Å²) >= 11 is 1.88. The Labute approximate surface area is 436 Å². The van der Waals surface area contributed by atoms with Crippen LogP contribution in [-0.2, 0) is 0 Å². The van der Waals surface area contributed by atoms with Crippen LogP contribution in [0.2, 0.25) is 0 Å². The van der Waals surface area contributed by atoms with Crippen molar-refractivity contribution in [3.05, 3.63) is 260 Å². The Morgan fingerprint density at radius 1 is 0.413 bits per heavy atom. The van der Waals surface area contributed by atoms with Gasteiger partial charge in [0.25, 0.3) is 0 Å². The van der Waals surface area contributed by atoms with Crippen LogP contribution in [0.1, 0.15) is 23.5 Å². The summed E-state index contributed by atoms with van der Waals surface area (Å²) < 4.78 is 11.5. The van der Waals surface area contributed by atoms with E-state index in [4.69, 9.17) is 19.4 Å². The number of hydrogen-bond acceptors (Lipinski definition) is 5. The molecule has 0 saturated carbocycles. The molecule has 1 unspecified atom stereocenters. The van der Waals surface area contributed by atoms with E-state index in [-0.39, 0.29) is 5.92 Å². The molecule has 15 rings (SSSR count). The molecule has 352 valence electrons. The van der Waals surface area contributed by atoms with E-state index in [1.54, 1.807) is 0 Å². The van der Waals surface area contributed by atoms with Crippen molar-refractivity contribution in [2.45, 2.75) is 12.3 Å². The Morgan fingerprint density at radius 2 is 0.960 bits per heavy atom. The van der Waals surface area contributed by atoms with Gasteiger partial charge in [0.2, 0.25) is 0 Å². The molecule has 4 aromatic heterocycles. The smallest absolute Gasteiger partial charge is 0.164 e. The highest BCUT2D eigenvalue weighted by atomic mass is 32.1. The van der Waals surface area contributed by atoms with Crippen LogP contribution in [0.3, 0.4) is 0 Å². The van der Waals surface area contributed by atoms with E-state index in [9.17, 15) is 0 Å². The Balaban J connectivity index is 1.03. The maximum atomic E-state index is 6.45. The van der Waals surface area contributed by atoms with Crippen molar-refractivity contribution in [1.29, 1.82) is 0 Å². The number of benzene rings is 10. The van der Waals surface area contributed by atoms with Gasteiger partial charge in [0.05, 0.1) is 16.7 Å². The van der Waals surface area contributed by atoms with Gasteiger partial charge in [-0.2, -0.15) is 0 Å². The zero-order valence-corrected chi connectivity index (χ0v) is 41.4. The molecule has 6 heteroatoms. The van der Waals surface area contributed by atoms with Gasteiger partial charge in [0.15, 0.2) is 17.5 Å². The van der Waals surface area contributed by atoms with Crippen LogP contribution >= 0.6 is 11.3 Å². The van der Waals surface area contributed by atoms with E-state index < -0.39 is 0 Å². The molecule has 5 nitrogen and oxygen atoms in total. The second kappa shape index (κ2) is 17.6. The Kier molecular flexibility index (Phi) is 10.1. The van der Waals surface area contributed by atoms with Crippen molar-refractivity contribution in [2.24, 2.45) is 0 Å². The summed E-state index contributed by atoms with van der Waals surface area (Å²) in [5.74, 6) is 1.88. The summed E-state index contributed by atoms with van der Waals surface area (Å²) in [4.78, 5) is 15.8. The van der Waals surface area contributed by atoms with Crippen molar-refractivity contribution < 1.29 is 4.42 Å². The fourth-order valence-electron chi connectivity index (χ4n) is 11.4. The number of nitrogens with zero attached hydrogens (tertiary/aromatic N) is 4. The topological polar surface area (TPSA) is 56.7 Å². The van der Waals surface area contributed by atoms with Crippen LogP contribution in [0.15, 0.2) is 253 Å². The van der Waals surface area contributed by atoms with Gasteiger partial charge in [0, 0.05) is 69.9 Å². The minimum absolute atomic E-state index is 0.00528. The van der Waals surface area contributed by atoms with Crippen LogP contribution in [0.5, 0.6) is 0 Å². The SMILES string of the molecule is C1=CC(c2cc(-c3nc(-c4ccccc4)nc(-c4ccccc4)n3)cc(-c3ccc(-c4ccccc4)cc3)c2-n2c3ccccc3c3c4sc5c(ccc6oc7ccccc7c65)c4ccc32)CC=C1c1ccccc1. The highest BCUT2D eigenvalue weighted by molar-refractivity contribution is 7.27. The summed E-state index contributed by atoms with van der Waals surface area (Å²) in [6, 6.07) is 82.1. The molecule has 0 amide bonds. The molecule has 0 aliphatic heterocycles. The van der Waals surface area contributed by atoms with Gasteiger partial charge < -0.3 is 8.98 Å². The number of rotatable bonds is 8. The van der Waals surface area contributed by atoms with E-state index in [0.29, 0.717) is 17.5 Å². The quantitative estimate of drug-likeness (QED) is 0.152. The van der Waals surface area contributed by atoms with Gasteiger partial charge in [-0.05, 0) is 82.3 Å². The number of hydrogen-bond donors (Lipinski definition) is 0. The van der Waals surface area contributed by atoms with Gasteiger partial charge >= 0.3 is 0 Å². The summed E-state index contributed by atoms with van der Waals surface area (Å²) in [5.41, 5.74) is 16.2. The third kappa shape index (κ3) is 7.25. The minimum Gasteiger partial charge on any atom is -0.456 e. The number of thiophene rings is 1. The minimum atomic E-state index is 0.00528. The molecule has 10 aromatic carbocycles. The van der Waals surface area contributed by atoms with Crippen LogP contribution in [0.4, 0.5) is 0 Å². The van der Waals surface area contributed by atoms with Crippen LogP contribution in [0.25, 0.3) is 132 Å². The normalized spacial score (nSPS) is 13.7. The molecule has 0 N–H and O–H groups in total. The Morgan fingerprint density at radius 3 is 1.63 bits per heavy atom. The molecule has 14 aromatic rings. The van der Waals surface area contributed by atoms with Gasteiger partial charge in [0.1, 0.15) is 11.2 Å². The molecule has 0 bridgehead atoms. The van der Waals surface area contributed by atoms with Crippen LogP contribution < -0.4 is 0 Å². The first-order chi connectivity index (χ1) is 37.2. The van der Waals surface area contributed by atoms with E-state index in [1.165, 1.54) is 58.6 Å². The lowest BCUT2D eigenvalue weighted by Crippen LogP contribution is -2.09. The van der Waals surface area contributed by atoms with Gasteiger partial charge in [-0.1, -0.05) is 206 Å². The molecule has 0 fully saturated rings. The van der Waals surface area contributed by atoms with E-state index in [0.717, 1.165) is 73.1 Å². The first-order valence-electron chi connectivity index (χ1n) is 25.5. The van der Waals surface area contributed by atoms with Gasteiger partial charge in [-0.25, -0.2) is 15.0 Å². The third-order valence-corrected chi connectivity index (χ3v) is 16.3. The average Bonchev–Trinajstić information content (AvgIpc) is 4.19. The summed E-state index contributed by atoms with van der Waals surface area (Å²) in [7, 11) is 0. The van der Waals surface area contributed by atoms with Crippen molar-refractivity contribution in [3.63, 3.8) is 0 Å². The zero-order chi connectivity index (χ0) is 49.4. The van der Waals surface area contributed by atoms with Crippen molar-refractivity contribution >= 4 is 80.8 Å². The zero-order valence-electron chi connectivity index (χ0n) is 40.6. The van der Waals surface area contributed by atoms with Crippen LogP contribution in [-0.4, -0.2) is 19.5 Å². The fraction of sp³-hybridized carbons (Fsp3) is 0.0290. The monoisotopic (exact) mass is 976 g/mol. The highest BCUT2D eigenvalue weighted by Gasteiger charge is 2.28. The average molecular weight is 977 g/mol. The summed E-state index contributed by atoms with van der Waals surface area (Å²) in [5, 5.41) is 7.27. The highest BCUT2D eigenvalue weighted by Crippen LogP contribution is 2.50. The molecule has 4 heterocycles. The Bertz CT molecular complexity index is 4530. The lowest BCUT2D eigenvalue weighted by atomic mass is 9.84. The predicted octanol–water partition coefficient (Wildman–Crippen LogP) is 18.7. The number of furan rings is 1. The molecule has 0 spiro atoms. The predicted molar refractivity (Wildman–Crippen MR) is 312 cm³/mol.